The van der Waals surface area contributed by atoms with Crippen LogP contribution >= 0.6 is 15.6 Å². The number of carbonyl (C=O) groups excluding carboxylic acids is 4. The van der Waals surface area contributed by atoms with Gasteiger partial charge >= 0.3 is 39.5 Å². The molecular formula is C92H180O17P2. The number of unbranched alkanes of at least 4 members (excludes halogenated alkanes) is 58. The number of phosphoric ester groups is 2. The van der Waals surface area contributed by atoms with Gasteiger partial charge in [-0.05, 0) is 43.4 Å². The Hall–Kier alpha value is -1.94. The Morgan fingerprint density at radius 1 is 0.243 bits per heavy atom. The maximum Gasteiger partial charge on any atom is 0.472 e. The molecule has 0 aliphatic rings. The summed E-state index contributed by atoms with van der Waals surface area (Å²) < 4.78 is 69.1. The molecule has 111 heavy (non-hydrogen) atoms. The predicted octanol–water partition coefficient (Wildman–Crippen LogP) is 28.4. The molecule has 0 fully saturated rings. The Labute approximate surface area is 683 Å². The Bertz CT molecular complexity index is 2130. The highest BCUT2D eigenvalue weighted by atomic mass is 31.2. The minimum absolute atomic E-state index is 0.107. The van der Waals surface area contributed by atoms with Crippen molar-refractivity contribution >= 4 is 39.5 Å². The molecule has 0 saturated carbocycles. The zero-order valence-electron chi connectivity index (χ0n) is 73.4. The van der Waals surface area contributed by atoms with Crippen molar-refractivity contribution < 1.29 is 80.2 Å². The molecule has 17 nitrogen and oxygen atoms in total. The first-order valence-electron chi connectivity index (χ1n) is 47.3. The number of carbonyl (C=O) groups is 4. The highest BCUT2D eigenvalue weighted by molar-refractivity contribution is 7.47. The summed E-state index contributed by atoms with van der Waals surface area (Å²) in [6.07, 6.45) is 75.3. The van der Waals surface area contributed by atoms with Gasteiger partial charge in [-0.1, -0.05) is 440 Å². The average molecular weight is 1620 g/mol. The van der Waals surface area contributed by atoms with Crippen LogP contribution in [0.5, 0.6) is 0 Å². The first-order valence-corrected chi connectivity index (χ1v) is 50.3. The predicted molar refractivity (Wildman–Crippen MR) is 460 cm³/mol. The van der Waals surface area contributed by atoms with Gasteiger partial charge in [-0.3, -0.25) is 37.3 Å². The molecule has 0 amide bonds. The molecule has 0 heterocycles. The molecule has 0 bridgehead atoms. The summed E-state index contributed by atoms with van der Waals surface area (Å²) in [5.74, 6) is 0.231. The lowest BCUT2D eigenvalue weighted by molar-refractivity contribution is -0.161. The van der Waals surface area contributed by atoms with Crippen molar-refractivity contribution in [3.05, 3.63) is 0 Å². The smallest absolute Gasteiger partial charge is 0.462 e. The maximum atomic E-state index is 13.2. The third-order valence-corrected chi connectivity index (χ3v) is 23.5. The summed E-state index contributed by atoms with van der Waals surface area (Å²) >= 11 is 0. The van der Waals surface area contributed by atoms with Crippen molar-refractivity contribution in [2.24, 2.45) is 17.8 Å². The molecule has 660 valence electrons. The summed E-state index contributed by atoms with van der Waals surface area (Å²) in [5, 5.41) is 10.7. The fourth-order valence-electron chi connectivity index (χ4n) is 14.4. The summed E-state index contributed by atoms with van der Waals surface area (Å²) in [6, 6.07) is 0. The largest absolute Gasteiger partial charge is 0.472 e. The first kappa shape index (κ1) is 109. The molecule has 0 aliphatic heterocycles. The van der Waals surface area contributed by atoms with Gasteiger partial charge < -0.3 is 33.8 Å². The number of aliphatic hydroxyl groups excluding tert-OH is 1. The topological polar surface area (TPSA) is 237 Å². The number of phosphoric acid groups is 2. The van der Waals surface area contributed by atoms with Crippen LogP contribution in [0.2, 0.25) is 0 Å². The van der Waals surface area contributed by atoms with E-state index in [0.29, 0.717) is 31.6 Å². The van der Waals surface area contributed by atoms with Crippen LogP contribution in [0.1, 0.15) is 492 Å². The van der Waals surface area contributed by atoms with Gasteiger partial charge in [-0.15, -0.1) is 0 Å². The second-order valence-electron chi connectivity index (χ2n) is 34.5. The second kappa shape index (κ2) is 81.8. The normalized spacial score (nSPS) is 13.8. The SMILES string of the molecule is CCCCCCCCCCCCCCCCCCCCCCCCC(=O)O[C@H](COC(=O)CCCCCCCCCCCCCCCCCCCCC(C)C)COP(=O)(O)OC[C@@H](O)COP(=O)(O)OC[C@@H](COC(=O)CCCCCCCCCC(C)C)OC(=O)CCCCCCCCCCCCCCCCCC(C)C. The van der Waals surface area contributed by atoms with Gasteiger partial charge in [0, 0.05) is 25.7 Å². The van der Waals surface area contributed by atoms with Crippen LogP contribution in [-0.2, 0) is 65.4 Å². The fourth-order valence-corrected chi connectivity index (χ4v) is 16.0. The summed E-state index contributed by atoms with van der Waals surface area (Å²) in [6.45, 7) is 12.0. The van der Waals surface area contributed by atoms with Crippen LogP contribution in [0, 0.1) is 17.8 Å². The van der Waals surface area contributed by atoms with E-state index in [2.05, 4.69) is 48.5 Å². The molecule has 0 aromatic heterocycles. The van der Waals surface area contributed by atoms with Crippen LogP contribution in [0.15, 0.2) is 0 Å². The van der Waals surface area contributed by atoms with E-state index in [4.69, 9.17) is 37.0 Å². The van der Waals surface area contributed by atoms with Gasteiger partial charge in [0.1, 0.15) is 19.3 Å². The highest BCUT2D eigenvalue weighted by Gasteiger charge is 2.31. The van der Waals surface area contributed by atoms with Crippen molar-refractivity contribution in [3.63, 3.8) is 0 Å². The molecule has 0 spiro atoms. The Balaban J connectivity index is 5.21. The van der Waals surface area contributed by atoms with Crippen molar-refractivity contribution in [2.75, 3.05) is 39.6 Å². The number of hydrogen-bond acceptors (Lipinski definition) is 15. The minimum atomic E-state index is -4.97. The molecule has 0 saturated heterocycles. The molecule has 0 rings (SSSR count). The zero-order chi connectivity index (χ0) is 81.5. The molecule has 0 radical (unpaired) electrons. The van der Waals surface area contributed by atoms with E-state index in [1.54, 1.807) is 0 Å². The van der Waals surface area contributed by atoms with E-state index in [1.165, 1.54) is 295 Å². The van der Waals surface area contributed by atoms with E-state index in [1.807, 2.05) is 0 Å². The summed E-state index contributed by atoms with van der Waals surface area (Å²) in [4.78, 5) is 73.4. The van der Waals surface area contributed by atoms with Crippen LogP contribution in [0.4, 0.5) is 0 Å². The van der Waals surface area contributed by atoms with Crippen molar-refractivity contribution in [1.29, 1.82) is 0 Å². The lowest BCUT2D eigenvalue weighted by Gasteiger charge is -2.21. The van der Waals surface area contributed by atoms with Gasteiger partial charge in [-0.25, -0.2) is 9.13 Å². The second-order valence-corrected chi connectivity index (χ2v) is 37.4. The van der Waals surface area contributed by atoms with E-state index in [-0.39, 0.29) is 25.7 Å². The summed E-state index contributed by atoms with van der Waals surface area (Å²) in [5.41, 5.74) is 0. The van der Waals surface area contributed by atoms with Crippen molar-refractivity contribution in [1.82, 2.24) is 0 Å². The monoisotopic (exact) mass is 1620 g/mol. The van der Waals surface area contributed by atoms with Gasteiger partial charge in [-0.2, -0.15) is 0 Å². The average Bonchev–Trinajstić information content (AvgIpc) is 0.897. The maximum absolute atomic E-state index is 13.2. The van der Waals surface area contributed by atoms with Crippen molar-refractivity contribution in [3.8, 4) is 0 Å². The van der Waals surface area contributed by atoms with Gasteiger partial charge in [0.05, 0.1) is 26.4 Å². The highest BCUT2D eigenvalue weighted by Crippen LogP contribution is 2.45. The van der Waals surface area contributed by atoms with E-state index in [9.17, 15) is 43.2 Å². The van der Waals surface area contributed by atoms with Gasteiger partial charge in [0.15, 0.2) is 12.2 Å². The fraction of sp³-hybridized carbons (Fsp3) is 0.957. The molecule has 0 aliphatic carbocycles. The molecule has 0 aromatic rings. The lowest BCUT2D eigenvalue weighted by atomic mass is 10.0. The minimum Gasteiger partial charge on any atom is -0.462 e. The molecule has 3 N–H and O–H groups in total. The number of esters is 4. The molecule has 5 atom stereocenters. The number of hydrogen-bond donors (Lipinski definition) is 3. The Morgan fingerprint density at radius 2 is 0.414 bits per heavy atom. The van der Waals surface area contributed by atoms with E-state index in [0.717, 1.165) is 108 Å². The van der Waals surface area contributed by atoms with Crippen LogP contribution in [0.3, 0.4) is 0 Å². The molecule has 2 unspecified atom stereocenters. The third kappa shape index (κ3) is 85.8. The Morgan fingerprint density at radius 3 is 0.613 bits per heavy atom. The molecule has 19 heteroatoms. The Kier molecular flexibility index (Phi) is 80.4. The summed E-state index contributed by atoms with van der Waals surface area (Å²) in [7, 11) is -9.94. The number of ether oxygens (including phenoxy) is 4. The standard InChI is InChI=1S/C92H180O17P2/c1-8-9-10-11-12-13-14-15-16-17-18-19-20-21-26-31-36-41-46-53-61-68-75-91(96)108-87(79-102-89(94)73-66-59-52-45-40-35-30-25-23-22-24-28-33-38-43-49-56-63-70-83(2)3)81-106-110(98,99)104-77-86(93)78-105-111(100,101)107-82-88(80-103-90(95)74-67-60-55-48-51-58-65-72-85(6)7)109-92(97)76-69-62-54-47-42-37-32-27-29-34-39-44-50-57-64-71-84(4)5/h83-88,93H,8-82H2,1-7H3,(H,98,99)(H,100,101)/t86-,87-,88-/m1/s1. The molecule has 0 aromatic carbocycles. The third-order valence-electron chi connectivity index (χ3n) is 21.6. The van der Waals surface area contributed by atoms with E-state index < -0.39 is 97.5 Å². The van der Waals surface area contributed by atoms with Crippen LogP contribution < -0.4 is 0 Å². The van der Waals surface area contributed by atoms with Crippen molar-refractivity contribution in [2.45, 2.75) is 510 Å². The van der Waals surface area contributed by atoms with Gasteiger partial charge in [0.25, 0.3) is 0 Å². The number of aliphatic hydroxyl groups is 1. The number of rotatable bonds is 90. The van der Waals surface area contributed by atoms with E-state index >= 15 is 0 Å². The lowest BCUT2D eigenvalue weighted by Crippen LogP contribution is -2.30. The van der Waals surface area contributed by atoms with Crippen LogP contribution in [0.25, 0.3) is 0 Å². The van der Waals surface area contributed by atoms with Crippen LogP contribution in [-0.4, -0.2) is 96.7 Å². The first-order chi connectivity index (χ1) is 53.7. The molecular weight excluding hydrogens is 1440 g/mol. The quantitative estimate of drug-likeness (QED) is 0.0222. The van der Waals surface area contributed by atoms with Gasteiger partial charge in [0.2, 0.25) is 0 Å². The zero-order valence-corrected chi connectivity index (χ0v) is 75.2.